The zero-order valence-electron chi connectivity index (χ0n) is 20.4. The summed E-state index contributed by atoms with van der Waals surface area (Å²) in [6, 6.07) is 14.0. The van der Waals surface area contributed by atoms with Crippen molar-refractivity contribution < 1.29 is 37.3 Å². The minimum Gasteiger partial charge on any atom is -0.493 e. The molecule has 1 aliphatic heterocycles. The molecule has 1 aliphatic rings. The van der Waals surface area contributed by atoms with E-state index in [0.29, 0.717) is 33.8 Å². The predicted octanol–water partition coefficient (Wildman–Crippen LogP) is 5.39. The minimum absolute atomic E-state index is 0.138. The number of benzene rings is 3. The number of rotatable bonds is 6. The summed E-state index contributed by atoms with van der Waals surface area (Å²) in [5, 5.41) is 6.15. The van der Waals surface area contributed by atoms with Gasteiger partial charge >= 0.3 is 6.29 Å². The summed E-state index contributed by atoms with van der Waals surface area (Å²) in [4.78, 5) is 30.3. The molecule has 0 unspecified atom stereocenters. The second-order valence-corrected chi connectivity index (χ2v) is 8.36. The zero-order valence-corrected chi connectivity index (χ0v) is 20.4. The second-order valence-electron chi connectivity index (χ2n) is 8.36. The number of carbonyl (C=O) groups excluding carboxylic acids is 2. The van der Waals surface area contributed by atoms with Gasteiger partial charge in [-0.2, -0.15) is 0 Å². The molecule has 0 spiro atoms. The summed E-state index contributed by atoms with van der Waals surface area (Å²) >= 11 is 0. The molecule has 5 rings (SSSR count). The molecular weight excluding hydrogens is 500 g/mol. The first-order valence-electron chi connectivity index (χ1n) is 11.3. The zero-order chi connectivity index (χ0) is 27.0. The lowest BCUT2D eigenvalue weighted by molar-refractivity contribution is -0.286. The first kappa shape index (κ1) is 24.8. The average molecular weight is 521 g/mol. The van der Waals surface area contributed by atoms with Crippen molar-refractivity contribution in [1.82, 2.24) is 4.98 Å². The molecule has 194 valence electrons. The molecule has 2 heterocycles. The number of hydrogen-bond donors (Lipinski definition) is 2. The standard InChI is InChI=1S/C27H21F2N3O6/c1-14-7-8-16(31-25(33)18-5-4-6-21-24(18)38-27(28,29)37-21)11-19(14)26(34)32-17-9-15-10-22(35-2)23(36-3)12-20(15)30-13-17/h4-13H,1-3H3,(H,31,33)(H,32,34). The highest BCUT2D eigenvalue weighted by Crippen LogP contribution is 2.43. The molecule has 0 fully saturated rings. The Hall–Kier alpha value is -4.93. The van der Waals surface area contributed by atoms with Crippen LogP contribution in [0.2, 0.25) is 0 Å². The van der Waals surface area contributed by atoms with Crippen LogP contribution in [0.15, 0.2) is 60.8 Å². The third-order valence-electron chi connectivity index (χ3n) is 5.86. The van der Waals surface area contributed by atoms with E-state index in [0.717, 1.165) is 5.39 Å². The van der Waals surface area contributed by atoms with Crippen LogP contribution in [0.1, 0.15) is 26.3 Å². The Balaban J connectivity index is 1.36. The summed E-state index contributed by atoms with van der Waals surface area (Å²) in [5.41, 5.74) is 2.18. The highest BCUT2D eigenvalue weighted by Gasteiger charge is 2.45. The molecule has 2 amide bonds. The van der Waals surface area contributed by atoms with Crippen LogP contribution in [0, 0.1) is 6.92 Å². The Morgan fingerprint density at radius 1 is 0.868 bits per heavy atom. The van der Waals surface area contributed by atoms with Crippen LogP contribution in [-0.4, -0.2) is 37.3 Å². The Morgan fingerprint density at radius 3 is 2.34 bits per heavy atom. The number of ether oxygens (including phenoxy) is 4. The van der Waals surface area contributed by atoms with E-state index in [4.69, 9.17) is 9.47 Å². The molecule has 9 nitrogen and oxygen atoms in total. The summed E-state index contributed by atoms with van der Waals surface area (Å²) in [6.45, 7) is 1.74. The van der Waals surface area contributed by atoms with E-state index in [-0.39, 0.29) is 22.7 Å². The third kappa shape index (κ3) is 4.73. The van der Waals surface area contributed by atoms with E-state index in [1.165, 1.54) is 44.7 Å². The lowest BCUT2D eigenvalue weighted by Gasteiger charge is -2.13. The third-order valence-corrected chi connectivity index (χ3v) is 5.86. The number of aromatic nitrogens is 1. The lowest BCUT2D eigenvalue weighted by atomic mass is 10.1. The largest absolute Gasteiger partial charge is 0.586 e. The molecule has 1 aromatic heterocycles. The van der Waals surface area contributed by atoms with Crippen molar-refractivity contribution in [3.8, 4) is 23.0 Å². The van der Waals surface area contributed by atoms with Crippen molar-refractivity contribution in [3.05, 3.63) is 77.5 Å². The second kappa shape index (κ2) is 9.51. The summed E-state index contributed by atoms with van der Waals surface area (Å²) < 4.78 is 46.5. The van der Waals surface area contributed by atoms with Crippen molar-refractivity contribution in [2.75, 3.05) is 24.9 Å². The van der Waals surface area contributed by atoms with Gasteiger partial charge in [-0.05, 0) is 48.9 Å². The number of nitrogens with one attached hydrogen (secondary N) is 2. The molecule has 0 saturated heterocycles. The Morgan fingerprint density at radius 2 is 1.58 bits per heavy atom. The fraction of sp³-hybridized carbons (Fsp3) is 0.148. The number of pyridine rings is 1. The summed E-state index contributed by atoms with van der Waals surface area (Å²) in [7, 11) is 3.06. The van der Waals surface area contributed by atoms with Crippen molar-refractivity contribution in [3.63, 3.8) is 0 Å². The van der Waals surface area contributed by atoms with Gasteiger partial charge in [0, 0.05) is 22.7 Å². The molecule has 0 atom stereocenters. The van der Waals surface area contributed by atoms with Crippen LogP contribution in [0.5, 0.6) is 23.0 Å². The quantitative estimate of drug-likeness (QED) is 0.350. The predicted molar refractivity (Wildman–Crippen MR) is 135 cm³/mol. The molecule has 0 aliphatic carbocycles. The van der Waals surface area contributed by atoms with Crippen molar-refractivity contribution in [2.24, 2.45) is 0 Å². The molecule has 0 saturated carbocycles. The fourth-order valence-corrected chi connectivity index (χ4v) is 4.01. The number of hydrogen-bond acceptors (Lipinski definition) is 7. The minimum atomic E-state index is -3.86. The molecule has 3 aromatic carbocycles. The number of para-hydroxylation sites is 1. The average Bonchev–Trinajstić information content (AvgIpc) is 3.22. The van der Waals surface area contributed by atoms with E-state index in [1.54, 1.807) is 37.3 Å². The molecule has 4 aromatic rings. The summed E-state index contributed by atoms with van der Waals surface area (Å²) in [5.74, 6) is -0.690. The van der Waals surface area contributed by atoms with Gasteiger partial charge in [-0.15, -0.1) is 8.78 Å². The van der Waals surface area contributed by atoms with Gasteiger partial charge in [0.1, 0.15) is 0 Å². The maximum Gasteiger partial charge on any atom is 0.586 e. The number of halogens is 2. The monoisotopic (exact) mass is 521 g/mol. The number of carbonyl (C=O) groups is 2. The van der Waals surface area contributed by atoms with E-state index >= 15 is 0 Å². The van der Waals surface area contributed by atoms with Crippen LogP contribution < -0.4 is 29.6 Å². The number of fused-ring (bicyclic) bond motifs is 2. The van der Waals surface area contributed by atoms with Crippen molar-refractivity contribution in [1.29, 1.82) is 0 Å². The molecular formula is C27H21F2N3O6. The number of methoxy groups -OCH3 is 2. The van der Waals surface area contributed by atoms with Crippen molar-refractivity contribution in [2.45, 2.75) is 13.2 Å². The first-order chi connectivity index (χ1) is 18.2. The number of aryl methyl sites for hydroxylation is 1. The van der Waals surface area contributed by atoms with Gasteiger partial charge in [-0.3, -0.25) is 14.6 Å². The number of alkyl halides is 2. The van der Waals surface area contributed by atoms with Crippen LogP contribution in [0.4, 0.5) is 20.2 Å². The maximum absolute atomic E-state index is 13.5. The number of nitrogens with zero attached hydrogens (tertiary/aromatic N) is 1. The van der Waals surface area contributed by atoms with Crippen molar-refractivity contribution >= 4 is 34.1 Å². The van der Waals surface area contributed by atoms with Gasteiger partial charge in [0.15, 0.2) is 23.0 Å². The van der Waals surface area contributed by atoms with Gasteiger partial charge in [-0.1, -0.05) is 12.1 Å². The van der Waals surface area contributed by atoms with Gasteiger partial charge in [0.25, 0.3) is 11.8 Å². The Kier molecular flexibility index (Phi) is 6.19. The molecule has 38 heavy (non-hydrogen) atoms. The molecule has 0 bridgehead atoms. The summed E-state index contributed by atoms with van der Waals surface area (Å²) in [6.07, 6.45) is -2.34. The van der Waals surface area contributed by atoms with E-state index in [2.05, 4.69) is 25.1 Å². The highest BCUT2D eigenvalue weighted by molar-refractivity contribution is 6.09. The highest BCUT2D eigenvalue weighted by atomic mass is 19.3. The van der Waals surface area contributed by atoms with E-state index in [9.17, 15) is 18.4 Å². The van der Waals surface area contributed by atoms with Gasteiger partial charge in [-0.25, -0.2) is 0 Å². The topological polar surface area (TPSA) is 108 Å². The Bertz CT molecular complexity index is 1590. The Labute approximate surface area is 215 Å². The van der Waals surface area contributed by atoms with Gasteiger partial charge in [0.05, 0.1) is 37.2 Å². The SMILES string of the molecule is COc1cc2cc(NC(=O)c3cc(NC(=O)c4cccc5c4OC(F)(F)O5)ccc3C)cnc2cc1OC. The van der Waals surface area contributed by atoms with Gasteiger partial charge in [0.2, 0.25) is 0 Å². The number of amides is 2. The van der Waals surface area contributed by atoms with Crippen LogP contribution in [-0.2, 0) is 0 Å². The van der Waals surface area contributed by atoms with Crippen LogP contribution in [0.25, 0.3) is 10.9 Å². The normalized spacial score (nSPS) is 13.2. The molecule has 11 heteroatoms. The van der Waals surface area contributed by atoms with E-state index < -0.39 is 18.1 Å². The number of anilines is 2. The molecule has 2 N–H and O–H groups in total. The molecule has 0 radical (unpaired) electrons. The van der Waals surface area contributed by atoms with Gasteiger partial charge < -0.3 is 29.6 Å². The fourth-order valence-electron chi connectivity index (χ4n) is 4.01. The van der Waals surface area contributed by atoms with Crippen LogP contribution >= 0.6 is 0 Å². The smallest absolute Gasteiger partial charge is 0.493 e. The first-order valence-corrected chi connectivity index (χ1v) is 11.3. The van der Waals surface area contributed by atoms with Crippen LogP contribution in [0.3, 0.4) is 0 Å². The van der Waals surface area contributed by atoms with E-state index in [1.807, 2.05) is 0 Å². The lowest BCUT2D eigenvalue weighted by Crippen LogP contribution is -2.26. The maximum atomic E-state index is 13.5.